The smallest absolute Gasteiger partial charge is 0.265 e. The van der Waals surface area contributed by atoms with Crippen molar-refractivity contribution in [2.75, 3.05) is 32.1 Å². The minimum absolute atomic E-state index is 0.0848. The van der Waals surface area contributed by atoms with Crippen molar-refractivity contribution >= 4 is 10.1 Å². The standard InChI is InChI=1S/C11H21NO4S/c13-17(14,15)9-10-2-1-5-12(8-10)11-3-6-16-7-4-11/h10-11H,1-9H2,(H,13,14,15). The zero-order chi connectivity index (χ0) is 12.3. The second-order valence-corrected chi connectivity index (χ2v) is 6.59. The highest BCUT2D eigenvalue weighted by atomic mass is 32.2. The van der Waals surface area contributed by atoms with Crippen LogP contribution in [0, 0.1) is 5.92 Å². The Morgan fingerprint density at radius 2 is 1.94 bits per heavy atom. The molecule has 1 unspecified atom stereocenters. The van der Waals surface area contributed by atoms with Gasteiger partial charge in [0.15, 0.2) is 0 Å². The third kappa shape index (κ3) is 4.21. The van der Waals surface area contributed by atoms with Crippen molar-refractivity contribution in [2.45, 2.75) is 31.7 Å². The molecule has 0 saturated carbocycles. The fourth-order valence-electron chi connectivity index (χ4n) is 2.91. The highest BCUT2D eigenvalue weighted by Gasteiger charge is 2.29. The molecule has 2 fully saturated rings. The molecule has 2 aliphatic rings. The summed E-state index contributed by atoms with van der Waals surface area (Å²) in [6, 6.07) is 0.535. The number of likely N-dealkylation sites (tertiary alicyclic amines) is 1. The Bertz CT molecular complexity index is 337. The monoisotopic (exact) mass is 263 g/mol. The van der Waals surface area contributed by atoms with E-state index in [0.29, 0.717) is 6.04 Å². The first-order valence-electron chi connectivity index (χ1n) is 6.31. The van der Waals surface area contributed by atoms with Crippen LogP contribution in [-0.2, 0) is 14.9 Å². The second kappa shape index (κ2) is 5.65. The molecule has 100 valence electrons. The van der Waals surface area contributed by atoms with Crippen LogP contribution in [0.5, 0.6) is 0 Å². The third-order valence-electron chi connectivity index (χ3n) is 3.70. The number of hydrogen-bond donors (Lipinski definition) is 1. The molecule has 0 spiro atoms. The summed E-state index contributed by atoms with van der Waals surface area (Å²) in [5.41, 5.74) is 0. The van der Waals surface area contributed by atoms with E-state index in [2.05, 4.69) is 4.90 Å². The summed E-state index contributed by atoms with van der Waals surface area (Å²) < 4.78 is 36.0. The molecule has 2 heterocycles. The van der Waals surface area contributed by atoms with Crippen molar-refractivity contribution in [1.29, 1.82) is 0 Å². The van der Waals surface area contributed by atoms with Gasteiger partial charge in [0.1, 0.15) is 0 Å². The van der Waals surface area contributed by atoms with Crippen LogP contribution >= 0.6 is 0 Å². The Labute approximate surface area is 103 Å². The maximum atomic E-state index is 10.9. The average molecular weight is 263 g/mol. The number of hydrogen-bond acceptors (Lipinski definition) is 4. The Hall–Kier alpha value is -0.170. The zero-order valence-corrected chi connectivity index (χ0v) is 10.9. The van der Waals surface area contributed by atoms with Crippen LogP contribution in [0.4, 0.5) is 0 Å². The molecule has 0 aromatic carbocycles. The molecule has 5 nitrogen and oxygen atoms in total. The Morgan fingerprint density at radius 3 is 2.59 bits per heavy atom. The Kier molecular flexibility index (Phi) is 4.41. The maximum Gasteiger partial charge on any atom is 0.265 e. The number of piperidine rings is 1. The number of rotatable bonds is 3. The average Bonchev–Trinajstić information content (AvgIpc) is 2.28. The first-order valence-corrected chi connectivity index (χ1v) is 7.92. The van der Waals surface area contributed by atoms with E-state index in [1.165, 1.54) is 0 Å². The van der Waals surface area contributed by atoms with E-state index in [-0.39, 0.29) is 11.7 Å². The van der Waals surface area contributed by atoms with Crippen molar-refractivity contribution in [3.05, 3.63) is 0 Å². The van der Waals surface area contributed by atoms with Crippen LogP contribution in [0.25, 0.3) is 0 Å². The van der Waals surface area contributed by atoms with Crippen molar-refractivity contribution in [1.82, 2.24) is 4.90 Å². The van der Waals surface area contributed by atoms with Crippen LogP contribution < -0.4 is 0 Å². The predicted octanol–water partition coefficient (Wildman–Crippen LogP) is 0.765. The van der Waals surface area contributed by atoms with Gasteiger partial charge < -0.3 is 4.74 Å². The van der Waals surface area contributed by atoms with Crippen LogP contribution in [0.3, 0.4) is 0 Å². The molecule has 1 N–H and O–H groups in total. The lowest BCUT2D eigenvalue weighted by atomic mass is 9.96. The first kappa shape index (κ1) is 13.3. The summed E-state index contributed by atoms with van der Waals surface area (Å²) >= 11 is 0. The lowest BCUT2D eigenvalue weighted by Gasteiger charge is -2.39. The largest absolute Gasteiger partial charge is 0.381 e. The second-order valence-electron chi connectivity index (χ2n) is 5.10. The molecule has 17 heavy (non-hydrogen) atoms. The van der Waals surface area contributed by atoms with Crippen LogP contribution in [-0.4, -0.2) is 56.0 Å². The zero-order valence-electron chi connectivity index (χ0n) is 10.0. The van der Waals surface area contributed by atoms with Gasteiger partial charge in [-0.1, -0.05) is 0 Å². The fourth-order valence-corrected chi connectivity index (χ4v) is 3.78. The molecular formula is C11H21NO4S. The molecule has 0 aromatic heterocycles. The van der Waals surface area contributed by atoms with E-state index in [1.807, 2.05) is 0 Å². The topological polar surface area (TPSA) is 66.8 Å². The van der Waals surface area contributed by atoms with Gasteiger partial charge in [0.2, 0.25) is 0 Å². The molecule has 0 aromatic rings. The summed E-state index contributed by atoms with van der Waals surface area (Å²) in [7, 11) is -3.83. The quantitative estimate of drug-likeness (QED) is 0.762. The van der Waals surface area contributed by atoms with Crippen LogP contribution in [0.2, 0.25) is 0 Å². The number of ether oxygens (including phenoxy) is 1. The van der Waals surface area contributed by atoms with E-state index in [4.69, 9.17) is 9.29 Å². The van der Waals surface area contributed by atoms with Gasteiger partial charge in [-0.2, -0.15) is 8.42 Å². The lowest BCUT2D eigenvalue weighted by molar-refractivity contribution is 0.0196. The first-order chi connectivity index (χ1) is 8.04. The summed E-state index contributed by atoms with van der Waals surface area (Å²) in [4.78, 5) is 2.38. The minimum atomic E-state index is -3.83. The highest BCUT2D eigenvalue weighted by Crippen LogP contribution is 2.23. The van der Waals surface area contributed by atoms with Crippen molar-refractivity contribution in [3.8, 4) is 0 Å². The molecule has 2 rings (SSSR count). The van der Waals surface area contributed by atoms with Gasteiger partial charge in [-0.15, -0.1) is 0 Å². The Balaban J connectivity index is 1.87. The van der Waals surface area contributed by atoms with Crippen molar-refractivity contribution in [3.63, 3.8) is 0 Å². The van der Waals surface area contributed by atoms with Gasteiger partial charge >= 0.3 is 0 Å². The van der Waals surface area contributed by atoms with Crippen molar-refractivity contribution in [2.24, 2.45) is 5.92 Å². The summed E-state index contributed by atoms with van der Waals surface area (Å²) in [6.45, 7) is 3.46. The SMILES string of the molecule is O=S(=O)(O)CC1CCCN(C2CCOCC2)C1. The summed E-state index contributed by atoms with van der Waals surface area (Å²) in [5.74, 6) is -0.00575. The normalized spacial score (nSPS) is 29.4. The molecule has 0 aliphatic carbocycles. The van der Waals surface area contributed by atoms with Gasteiger partial charge in [0.25, 0.3) is 10.1 Å². The lowest BCUT2D eigenvalue weighted by Crippen LogP contribution is -2.46. The fraction of sp³-hybridized carbons (Fsp3) is 1.00. The molecular weight excluding hydrogens is 242 g/mol. The minimum Gasteiger partial charge on any atom is -0.381 e. The third-order valence-corrected chi connectivity index (χ3v) is 4.60. The van der Waals surface area contributed by atoms with Gasteiger partial charge in [-0.05, 0) is 38.1 Å². The summed E-state index contributed by atoms with van der Waals surface area (Å²) in [5, 5.41) is 0. The molecule has 2 aliphatic heterocycles. The molecule has 2 saturated heterocycles. The van der Waals surface area contributed by atoms with E-state index in [0.717, 1.165) is 52.0 Å². The molecule has 0 amide bonds. The summed E-state index contributed by atoms with van der Waals surface area (Å²) in [6.07, 6.45) is 4.01. The van der Waals surface area contributed by atoms with Gasteiger partial charge in [0.05, 0.1) is 5.75 Å². The van der Waals surface area contributed by atoms with E-state index >= 15 is 0 Å². The van der Waals surface area contributed by atoms with Crippen molar-refractivity contribution < 1.29 is 17.7 Å². The maximum absolute atomic E-state index is 10.9. The van der Waals surface area contributed by atoms with Gasteiger partial charge in [-0.25, -0.2) is 0 Å². The van der Waals surface area contributed by atoms with Crippen LogP contribution in [0.15, 0.2) is 0 Å². The molecule has 1 atom stereocenters. The van der Waals surface area contributed by atoms with Crippen LogP contribution in [0.1, 0.15) is 25.7 Å². The molecule has 0 bridgehead atoms. The number of nitrogens with zero attached hydrogens (tertiary/aromatic N) is 1. The van der Waals surface area contributed by atoms with Gasteiger partial charge in [-0.3, -0.25) is 9.45 Å². The Morgan fingerprint density at radius 1 is 1.24 bits per heavy atom. The van der Waals surface area contributed by atoms with E-state index in [1.54, 1.807) is 0 Å². The van der Waals surface area contributed by atoms with E-state index in [9.17, 15) is 8.42 Å². The predicted molar refractivity (Wildman–Crippen MR) is 64.6 cm³/mol. The van der Waals surface area contributed by atoms with E-state index < -0.39 is 10.1 Å². The highest BCUT2D eigenvalue weighted by molar-refractivity contribution is 7.85. The van der Waals surface area contributed by atoms with Gasteiger partial charge in [0, 0.05) is 25.8 Å². The molecule has 0 radical (unpaired) electrons. The molecule has 6 heteroatoms.